The number of phenolic OH excluding ortho intramolecular Hbond substituents is 1. The predicted molar refractivity (Wildman–Crippen MR) is 126 cm³/mol. The van der Waals surface area contributed by atoms with Crippen LogP contribution in [0.15, 0.2) is 6.07 Å². The number of cyclic esters (lactones) is 2. The highest BCUT2D eigenvalue weighted by Gasteiger charge is 2.47. The highest BCUT2D eigenvalue weighted by molar-refractivity contribution is 5.93. The minimum absolute atomic E-state index is 0.112. The maximum atomic E-state index is 12.4. The molecule has 7 heteroatoms. The van der Waals surface area contributed by atoms with Gasteiger partial charge in [-0.15, -0.1) is 0 Å². The number of esters is 2. The Hall–Kier alpha value is -2.44. The zero-order chi connectivity index (χ0) is 24.3. The molecule has 2 rings (SSSR count). The molecule has 0 saturated carbocycles. The number of carbonyl (C=O) groups is 2. The van der Waals surface area contributed by atoms with Gasteiger partial charge in [0, 0.05) is 17.5 Å². The van der Waals surface area contributed by atoms with Crippen LogP contribution in [0.3, 0.4) is 0 Å². The summed E-state index contributed by atoms with van der Waals surface area (Å²) in [5.74, 6) is -2.44. The number of phenols is 1. The lowest BCUT2D eigenvalue weighted by Crippen LogP contribution is -2.43. The van der Waals surface area contributed by atoms with Gasteiger partial charge in [-0.05, 0) is 25.3 Å². The van der Waals surface area contributed by atoms with Gasteiger partial charge in [0.2, 0.25) is 5.75 Å². The molecule has 0 spiro atoms. The highest BCUT2D eigenvalue weighted by Crippen LogP contribution is 2.48. The first-order chi connectivity index (χ1) is 15.9. The van der Waals surface area contributed by atoms with Crippen LogP contribution in [0.2, 0.25) is 0 Å². The van der Waals surface area contributed by atoms with Crippen LogP contribution >= 0.6 is 0 Å². The first-order valence-corrected chi connectivity index (χ1v) is 12.3. The van der Waals surface area contributed by atoms with Gasteiger partial charge in [-0.25, -0.2) is 0 Å². The SMILES string of the molecule is CCCCCCCc1c(C2(CCCCCCC)OC(=O)CC(=O)O2)cc(OC)c(O)c1OC. The average molecular weight is 465 g/mol. The first-order valence-electron chi connectivity index (χ1n) is 12.3. The summed E-state index contributed by atoms with van der Waals surface area (Å²) < 4.78 is 22.5. The number of carbonyl (C=O) groups excluding carboxylic acids is 2. The molecule has 0 bridgehead atoms. The summed E-state index contributed by atoms with van der Waals surface area (Å²) in [6, 6.07) is 1.62. The van der Waals surface area contributed by atoms with Crippen LogP contribution in [0.4, 0.5) is 0 Å². The molecule has 0 atom stereocenters. The van der Waals surface area contributed by atoms with Crippen LogP contribution in [-0.4, -0.2) is 31.3 Å². The molecule has 1 heterocycles. The third kappa shape index (κ3) is 7.02. The van der Waals surface area contributed by atoms with Crippen LogP contribution in [0.5, 0.6) is 17.2 Å². The molecule has 0 amide bonds. The second-order valence-corrected chi connectivity index (χ2v) is 8.69. The van der Waals surface area contributed by atoms with E-state index in [1.54, 1.807) is 6.07 Å². The summed E-state index contributed by atoms with van der Waals surface area (Å²) in [5, 5.41) is 10.7. The molecule has 7 nitrogen and oxygen atoms in total. The molecule has 33 heavy (non-hydrogen) atoms. The number of aromatic hydroxyl groups is 1. The van der Waals surface area contributed by atoms with Crippen molar-refractivity contribution in [3.8, 4) is 17.2 Å². The van der Waals surface area contributed by atoms with Crippen molar-refractivity contribution in [1.29, 1.82) is 0 Å². The molecule has 1 aliphatic heterocycles. The minimum atomic E-state index is -1.55. The zero-order valence-electron chi connectivity index (χ0n) is 20.7. The molecule has 1 aromatic rings. The Labute approximate surface area is 197 Å². The monoisotopic (exact) mass is 464 g/mol. The lowest BCUT2D eigenvalue weighted by atomic mass is 9.89. The number of ether oxygens (including phenoxy) is 4. The lowest BCUT2D eigenvalue weighted by Gasteiger charge is -2.38. The highest BCUT2D eigenvalue weighted by atomic mass is 16.7. The molecule has 1 fully saturated rings. The van der Waals surface area contributed by atoms with E-state index < -0.39 is 24.1 Å². The van der Waals surface area contributed by atoms with E-state index in [0.717, 1.165) is 64.2 Å². The Balaban J connectivity index is 2.49. The van der Waals surface area contributed by atoms with Gasteiger partial charge in [0.25, 0.3) is 5.79 Å². The van der Waals surface area contributed by atoms with E-state index in [2.05, 4.69) is 13.8 Å². The fourth-order valence-corrected chi connectivity index (χ4v) is 4.42. The van der Waals surface area contributed by atoms with Crippen LogP contribution in [0.25, 0.3) is 0 Å². The van der Waals surface area contributed by atoms with Gasteiger partial charge in [-0.2, -0.15) is 0 Å². The van der Waals surface area contributed by atoms with Crippen molar-refractivity contribution >= 4 is 11.9 Å². The Morgan fingerprint density at radius 1 is 0.879 bits per heavy atom. The molecule has 0 aliphatic carbocycles. The predicted octanol–water partition coefficient (Wildman–Crippen LogP) is 5.93. The molecular formula is C26H40O7. The van der Waals surface area contributed by atoms with E-state index in [1.165, 1.54) is 14.2 Å². The first kappa shape index (κ1) is 26.8. The summed E-state index contributed by atoms with van der Waals surface area (Å²) in [4.78, 5) is 24.8. The van der Waals surface area contributed by atoms with Gasteiger partial charge in [-0.1, -0.05) is 65.2 Å². The second-order valence-electron chi connectivity index (χ2n) is 8.69. The summed E-state index contributed by atoms with van der Waals surface area (Å²) in [6.45, 7) is 4.31. The van der Waals surface area contributed by atoms with Crippen LogP contribution in [0, 0.1) is 0 Å². The Morgan fingerprint density at radius 2 is 1.45 bits per heavy atom. The number of hydrogen-bond donors (Lipinski definition) is 1. The van der Waals surface area contributed by atoms with E-state index in [-0.39, 0.29) is 17.2 Å². The van der Waals surface area contributed by atoms with Crippen molar-refractivity contribution in [1.82, 2.24) is 0 Å². The molecular weight excluding hydrogens is 424 g/mol. The van der Waals surface area contributed by atoms with Crippen molar-refractivity contribution in [2.75, 3.05) is 14.2 Å². The Kier molecular flexibility index (Phi) is 10.8. The van der Waals surface area contributed by atoms with Crippen molar-refractivity contribution in [2.45, 2.75) is 103 Å². The molecule has 1 N–H and O–H groups in total. The maximum absolute atomic E-state index is 12.4. The standard InChI is InChI=1S/C26H40O7/c1-5-7-9-11-13-15-19-20(17-21(30-3)24(29)25(19)31-4)26(16-14-12-10-8-6-2)32-22(27)18-23(28)33-26/h17,29H,5-16,18H2,1-4H3. The molecule has 1 aromatic carbocycles. The second kappa shape index (κ2) is 13.3. The summed E-state index contributed by atoms with van der Waals surface area (Å²) in [5.41, 5.74) is 1.20. The zero-order valence-corrected chi connectivity index (χ0v) is 20.7. The van der Waals surface area contributed by atoms with E-state index in [0.29, 0.717) is 24.0 Å². The number of hydrogen-bond acceptors (Lipinski definition) is 7. The minimum Gasteiger partial charge on any atom is -0.502 e. The fourth-order valence-electron chi connectivity index (χ4n) is 4.42. The lowest BCUT2D eigenvalue weighted by molar-refractivity contribution is -0.252. The molecule has 0 radical (unpaired) electrons. The fraction of sp³-hybridized carbons (Fsp3) is 0.692. The number of benzene rings is 1. The van der Waals surface area contributed by atoms with Gasteiger partial charge in [0.15, 0.2) is 11.5 Å². The number of unbranched alkanes of at least 4 members (excludes halogenated alkanes) is 8. The molecule has 0 unspecified atom stereocenters. The van der Waals surface area contributed by atoms with Crippen molar-refractivity contribution < 1.29 is 33.6 Å². The number of rotatable bonds is 15. The Bertz CT molecular complexity index is 771. The third-order valence-electron chi connectivity index (χ3n) is 6.14. The smallest absolute Gasteiger partial charge is 0.320 e. The van der Waals surface area contributed by atoms with Gasteiger partial charge >= 0.3 is 11.9 Å². The van der Waals surface area contributed by atoms with Gasteiger partial charge in [0.05, 0.1) is 14.2 Å². The van der Waals surface area contributed by atoms with E-state index >= 15 is 0 Å². The number of methoxy groups -OCH3 is 2. The topological polar surface area (TPSA) is 91.3 Å². The van der Waals surface area contributed by atoms with Gasteiger partial charge in [0.1, 0.15) is 6.42 Å². The van der Waals surface area contributed by atoms with Crippen LogP contribution in [0.1, 0.15) is 102 Å². The average Bonchev–Trinajstić information content (AvgIpc) is 2.78. The van der Waals surface area contributed by atoms with E-state index in [1.807, 2.05) is 0 Å². The van der Waals surface area contributed by atoms with E-state index in [4.69, 9.17) is 18.9 Å². The molecule has 1 aliphatic rings. The van der Waals surface area contributed by atoms with Crippen molar-refractivity contribution in [3.63, 3.8) is 0 Å². The van der Waals surface area contributed by atoms with Crippen LogP contribution in [-0.2, 0) is 31.3 Å². The van der Waals surface area contributed by atoms with Gasteiger partial charge < -0.3 is 24.1 Å². The third-order valence-corrected chi connectivity index (χ3v) is 6.14. The summed E-state index contributed by atoms with van der Waals surface area (Å²) >= 11 is 0. The quantitative estimate of drug-likeness (QED) is 0.195. The van der Waals surface area contributed by atoms with Gasteiger partial charge in [-0.3, -0.25) is 9.59 Å². The maximum Gasteiger partial charge on any atom is 0.320 e. The molecule has 1 saturated heterocycles. The summed E-state index contributed by atoms with van der Waals surface area (Å²) in [6.07, 6.45) is 10.8. The largest absolute Gasteiger partial charge is 0.502 e. The van der Waals surface area contributed by atoms with Crippen molar-refractivity contribution in [2.24, 2.45) is 0 Å². The molecule has 186 valence electrons. The normalized spacial score (nSPS) is 15.2. The van der Waals surface area contributed by atoms with E-state index in [9.17, 15) is 14.7 Å². The van der Waals surface area contributed by atoms with Crippen molar-refractivity contribution in [3.05, 3.63) is 17.2 Å². The molecule has 0 aromatic heterocycles. The summed E-state index contributed by atoms with van der Waals surface area (Å²) in [7, 11) is 2.92. The van der Waals surface area contributed by atoms with Crippen LogP contribution < -0.4 is 9.47 Å². The Morgan fingerprint density at radius 3 is 2.00 bits per heavy atom.